The molecule has 1 aliphatic rings. The molecule has 2 N–H and O–H groups in total. The van der Waals surface area contributed by atoms with Crippen molar-refractivity contribution in [2.24, 2.45) is 5.92 Å². The summed E-state index contributed by atoms with van der Waals surface area (Å²) >= 11 is 0. The maximum absolute atomic E-state index is 12.1. The fourth-order valence-electron chi connectivity index (χ4n) is 1.99. The molecular weight excluding hydrogens is 242 g/mol. The van der Waals surface area contributed by atoms with Gasteiger partial charge < -0.3 is 10.6 Å². The molecule has 2 heterocycles. The topological polar surface area (TPSA) is 59.0 Å². The van der Waals surface area contributed by atoms with E-state index in [1.165, 1.54) is 12.4 Å². The zero-order chi connectivity index (χ0) is 13.0. The van der Waals surface area contributed by atoms with Crippen LogP contribution in [0.15, 0.2) is 12.4 Å². The van der Waals surface area contributed by atoms with Crippen LogP contribution >= 0.6 is 0 Å². The Balaban J connectivity index is 1.88. The van der Waals surface area contributed by atoms with E-state index in [0.29, 0.717) is 12.2 Å². The number of amides is 1. The molecule has 0 saturated carbocycles. The van der Waals surface area contributed by atoms with E-state index in [2.05, 4.69) is 15.7 Å². The van der Waals surface area contributed by atoms with E-state index in [9.17, 15) is 13.6 Å². The minimum absolute atomic E-state index is 0.0581. The van der Waals surface area contributed by atoms with Gasteiger partial charge in [0.05, 0.1) is 17.8 Å². The fourth-order valence-corrected chi connectivity index (χ4v) is 1.99. The SMILES string of the molecule is O=C(Nc1cnn(CC(F)F)c1)C1CCCNC1. The molecule has 1 aromatic rings. The molecule has 0 spiro atoms. The summed E-state index contributed by atoms with van der Waals surface area (Å²) in [6, 6.07) is 0. The second-order valence-corrected chi connectivity index (χ2v) is 4.37. The van der Waals surface area contributed by atoms with Gasteiger partial charge in [-0.2, -0.15) is 5.10 Å². The van der Waals surface area contributed by atoms with Gasteiger partial charge in [-0.25, -0.2) is 8.78 Å². The highest BCUT2D eigenvalue weighted by atomic mass is 19.3. The molecule has 1 aromatic heterocycles. The molecule has 1 unspecified atom stereocenters. The van der Waals surface area contributed by atoms with Crippen molar-refractivity contribution in [3.63, 3.8) is 0 Å². The minimum atomic E-state index is -2.45. The maximum Gasteiger partial charge on any atom is 0.257 e. The van der Waals surface area contributed by atoms with Crippen molar-refractivity contribution in [2.45, 2.75) is 25.8 Å². The number of aromatic nitrogens is 2. The highest BCUT2D eigenvalue weighted by molar-refractivity contribution is 5.92. The molecule has 18 heavy (non-hydrogen) atoms. The second-order valence-electron chi connectivity index (χ2n) is 4.37. The van der Waals surface area contributed by atoms with Crippen LogP contribution < -0.4 is 10.6 Å². The van der Waals surface area contributed by atoms with Gasteiger partial charge in [0.1, 0.15) is 6.54 Å². The summed E-state index contributed by atoms with van der Waals surface area (Å²) in [5, 5.41) is 9.61. The summed E-state index contributed by atoms with van der Waals surface area (Å²) in [6.07, 6.45) is 2.18. The summed E-state index contributed by atoms with van der Waals surface area (Å²) < 4.78 is 25.4. The van der Waals surface area contributed by atoms with Crippen molar-refractivity contribution in [3.05, 3.63) is 12.4 Å². The third kappa shape index (κ3) is 3.49. The lowest BCUT2D eigenvalue weighted by molar-refractivity contribution is -0.120. The first-order valence-corrected chi connectivity index (χ1v) is 5.97. The number of alkyl halides is 2. The summed E-state index contributed by atoms with van der Waals surface area (Å²) in [6.45, 7) is 1.15. The molecule has 0 radical (unpaired) electrons. The lowest BCUT2D eigenvalue weighted by Gasteiger charge is -2.21. The fraction of sp³-hybridized carbons (Fsp3) is 0.636. The molecule has 0 bridgehead atoms. The third-order valence-corrected chi connectivity index (χ3v) is 2.89. The number of anilines is 1. The lowest BCUT2D eigenvalue weighted by atomic mass is 9.99. The number of hydrogen-bond donors (Lipinski definition) is 2. The Bertz CT molecular complexity index is 402. The molecule has 2 rings (SSSR count). The van der Waals surface area contributed by atoms with Crippen molar-refractivity contribution in [2.75, 3.05) is 18.4 Å². The van der Waals surface area contributed by atoms with Crippen LogP contribution in [0.1, 0.15) is 12.8 Å². The zero-order valence-corrected chi connectivity index (χ0v) is 9.90. The molecule has 5 nitrogen and oxygen atoms in total. The normalized spacial score (nSPS) is 20.1. The van der Waals surface area contributed by atoms with Gasteiger partial charge >= 0.3 is 0 Å². The van der Waals surface area contributed by atoms with E-state index < -0.39 is 13.0 Å². The van der Waals surface area contributed by atoms with E-state index in [4.69, 9.17) is 0 Å². The number of carbonyl (C=O) groups is 1. The lowest BCUT2D eigenvalue weighted by Crippen LogP contribution is -2.37. The van der Waals surface area contributed by atoms with Crippen molar-refractivity contribution >= 4 is 11.6 Å². The number of nitrogens with one attached hydrogen (secondary N) is 2. The first-order chi connectivity index (χ1) is 8.65. The molecular formula is C11H16F2N4O. The summed E-state index contributed by atoms with van der Waals surface area (Å²) in [7, 11) is 0. The monoisotopic (exact) mass is 258 g/mol. The van der Waals surface area contributed by atoms with Gasteiger partial charge in [-0.05, 0) is 19.4 Å². The van der Waals surface area contributed by atoms with Crippen molar-refractivity contribution in [3.8, 4) is 0 Å². The summed E-state index contributed by atoms with van der Waals surface area (Å²) in [5.74, 6) is -0.143. The van der Waals surface area contributed by atoms with Crippen molar-refractivity contribution < 1.29 is 13.6 Å². The molecule has 1 saturated heterocycles. The smallest absolute Gasteiger partial charge is 0.257 e. The van der Waals surface area contributed by atoms with Crippen LogP contribution in [0.5, 0.6) is 0 Å². The second kappa shape index (κ2) is 5.90. The standard InChI is InChI=1S/C11H16F2N4O/c12-10(13)7-17-6-9(5-15-17)16-11(18)8-2-1-3-14-4-8/h5-6,8,10,14H,1-4,7H2,(H,16,18). The van der Waals surface area contributed by atoms with Crippen LogP contribution in [0, 0.1) is 5.92 Å². The van der Waals surface area contributed by atoms with Gasteiger partial charge in [-0.15, -0.1) is 0 Å². The average molecular weight is 258 g/mol. The van der Waals surface area contributed by atoms with E-state index >= 15 is 0 Å². The first kappa shape index (κ1) is 12.9. The number of hydrogen-bond acceptors (Lipinski definition) is 3. The van der Waals surface area contributed by atoms with Gasteiger partial charge in [-0.1, -0.05) is 0 Å². The van der Waals surface area contributed by atoms with E-state index in [0.717, 1.165) is 24.1 Å². The Kier molecular flexibility index (Phi) is 4.24. The Morgan fingerprint density at radius 1 is 1.67 bits per heavy atom. The Labute approximate surface area is 104 Å². The van der Waals surface area contributed by atoms with Crippen LogP contribution in [-0.2, 0) is 11.3 Å². The molecule has 100 valence electrons. The molecule has 1 amide bonds. The van der Waals surface area contributed by atoms with Crippen LogP contribution in [0.3, 0.4) is 0 Å². The molecule has 1 aliphatic heterocycles. The van der Waals surface area contributed by atoms with Gasteiger partial charge in [0.25, 0.3) is 6.43 Å². The number of halogens is 2. The van der Waals surface area contributed by atoms with Crippen LogP contribution in [0.4, 0.5) is 14.5 Å². The molecule has 0 aliphatic carbocycles. The van der Waals surface area contributed by atoms with Crippen LogP contribution in [-0.4, -0.2) is 35.2 Å². The Morgan fingerprint density at radius 3 is 3.17 bits per heavy atom. The quantitative estimate of drug-likeness (QED) is 0.849. The Morgan fingerprint density at radius 2 is 2.50 bits per heavy atom. The highest BCUT2D eigenvalue weighted by Gasteiger charge is 2.21. The third-order valence-electron chi connectivity index (χ3n) is 2.89. The number of carbonyl (C=O) groups excluding carboxylic acids is 1. The van der Waals surface area contributed by atoms with Gasteiger partial charge in [0, 0.05) is 12.7 Å². The predicted octanol–water partition coefficient (Wildman–Crippen LogP) is 1.09. The van der Waals surface area contributed by atoms with Crippen molar-refractivity contribution in [1.29, 1.82) is 0 Å². The highest BCUT2D eigenvalue weighted by Crippen LogP contribution is 2.14. The number of nitrogens with zero attached hydrogens (tertiary/aromatic N) is 2. The van der Waals surface area contributed by atoms with E-state index in [1.807, 2.05) is 0 Å². The minimum Gasteiger partial charge on any atom is -0.323 e. The molecule has 1 atom stereocenters. The Hall–Kier alpha value is -1.50. The summed E-state index contributed by atoms with van der Waals surface area (Å²) in [4.78, 5) is 11.9. The van der Waals surface area contributed by atoms with Crippen LogP contribution in [0.25, 0.3) is 0 Å². The average Bonchev–Trinajstić information content (AvgIpc) is 2.76. The molecule has 0 aromatic carbocycles. The van der Waals surface area contributed by atoms with E-state index in [-0.39, 0.29) is 11.8 Å². The summed E-state index contributed by atoms with van der Waals surface area (Å²) in [5.41, 5.74) is 0.464. The number of rotatable bonds is 4. The van der Waals surface area contributed by atoms with Crippen LogP contribution in [0.2, 0.25) is 0 Å². The van der Waals surface area contributed by atoms with Gasteiger partial charge in [0.2, 0.25) is 5.91 Å². The maximum atomic E-state index is 12.1. The predicted molar refractivity (Wildman–Crippen MR) is 62.5 cm³/mol. The van der Waals surface area contributed by atoms with Gasteiger partial charge in [0.15, 0.2) is 0 Å². The molecule has 1 fully saturated rings. The van der Waals surface area contributed by atoms with E-state index in [1.54, 1.807) is 0 Å². The largest absolute Gasteiger partial charge is 0.323 e. The van der Waals surface area contributed by atoms with Gasteiger partial charge in [-0.3, -0.25) is 9.48 Å². The molecule has 7 heteroatoms. The first-order valence-electron chi connectivity index (χ1n) is 5.97. The zero-order valence-electron chi connectivity index (χ0n) is 9.90. The number of piperidine rings is 1. The van der Waals surface area contributed by atoms with Crippen molar-refractivity contribution in [1.82, 2.24) is 15.1 Å².